The van der Waals surface area contributed by atoms with Gasteiger partial charge in [0.05, 0.1) is 0 Å². The standard InChI is InChI=1S/C11H16ClN/c1-13-9-5-4-7-10-6-2-3-8-11(10)12/h2-3,6,8,13H,4-5,7,9H2,1H3. The quantitative estimate of drug-likeness (QED) is 0.716. The van der Waals surface area contributed by atoms with Crippen molar-refractivity contribution in [2.45, 2.75) is 19.3 Å². The van der Waals surface area contributed by atoms with E-state index < -0.39 is 0 Å². The van der Waals surface area contributed by atoms with Crippen molar-refractivity contribution in [2.24, 2.45) is 0 Å². The number of hydrogen-bond donors (Lipinski definition) is 1. The number of halogens is 1. The van der Waals surface area contributed by atoms with Crippen LogP contribution in [0, 0.1) is 0 Å². The van der Waals surface area contributed by atoms with E-state index in [-0.39, 0.29) is 0 Å². The Morgan fingerprint density at radius 2 is 2.00 bits per heavy atom. The average Bonchev–Trinajstić information content (AvgIpc) is 2.15. The molecule has 0 atom stereocenters. The molecule has 72 valence electrons. The van der Waals surface area contributed by atoms with Gasteiger partial charge in [0.25, 0.3) is 0 Å². The summed E-state index contributed by atoms with van der Waals surface area (Å²) in [6.07, 6.45) is 3.49. The van der Waals surface area contributed by atoms with Crippen molar-refractivity contribution in [3.63, 3.8) is 0 Å². The lowest BCUT2D eigenvalue weighted by atomic mass is 10.1. The summed E-state index contributed by atoms with van der Waals surface area (Å²) in [5, 5.41) is 4.03. The van der Waals surface area contributed by atoms with Gasteiger partial charge in [-0.2, -0.15) is 0 Å². The van der Waals surface area contributed by atoms with E-state index in [1.54, 1.807) is 0 Å². The normalized spacial score (nSPS) is 10.3. The highest BCUT2D eigenvalue weighted by Gasteiger charge is 1.97. The molecule has 1 aromatic rings. The Hall–Kier alpha value is -0.530. The third-order valence-electron chi connectivity index (χ3n) is 2.08. The number of benzene rings is 1. The van der Waals surface area contributed by atoms with E-state index in [0.29, 0.717) is 0 Å². The Bertz CT molecular complexity index is 248. The predicted molar refractivity (Wildman–Crippen MR) is 58.3 cm³/mol. The van der Waals surface area contributed by atoms with Crippen molar-refractivity contribution in [2.75, 3.05) is 13.6 Å². The van der Waals surface area contributed by atoms with Gasteiger partial charge in [-0.1, -0.05) is 29.8 Å². The summed E-state index contributed by atoms with van der Waals surface area (Å²) in [6, 6.07) is 8.06. The number of nitrogens with one attached hydrogen (secondary N) is 1. The molecule has 0 radical (unpaired) electrons. The van der Waals surface area contributed by atoms with Gasteiger partial charge in [0.2, 0.25) is 0 Å². The van der Waals surface area contributed by atoms with Crippen molar-refractivity contribution in [3.05, 3.63) is 34.9 Å². The van der Waals surface area contributed by atoms with Crippen LogP contribution in [0.15, 0.2) is 24.3 Å². The lowest BCUT2D eigenvalue weighted by Gasteiger charge is -2.03. The summed E-state index contributed by atoms with van der Waals surface area (Å²) in [4.78, 5) is 0. The van der Waals surface area contributed by atoms with E-state index in [1.165, 1.54) is 18.4 Å². The maximum absolute atomic E-state index is 6.02. The molecule has 0 aromatic heterocycles. The first-order valence-electron chi connectivity index (χ1n) is 4.72. The van der Waals surface area contributed by atoms with Crippen LogP contribution in [0.5, 0.6) is 0 Å². The number of unbranched alkanes of at least 4 members (excludes halogenated alkanes) is 1. The Kier molecular flexibility index (Phi) is 4.87. The highest BCUT2D eigenvalue weighted by atomic mass is 35.5. The molecule has 0 saturated heterocycles. The zero-order valence-electron chi connectivity index (χ0n) is 8.02. The van der Waals surface area contributed by atoms with Gasteiger partial charge in [-0.15, -0.1) is 0 Å². The average molecular weight is 198 g/mol. The maximum atomic E-state index is 6.02. The first-order chi connectivity index (χ1) is 6.34. The van der Waals surface area contributed by atoms with Gasteiger partial charge >= 0.3 is 0 Å². The van der Waals surface area contributed by atoms with Gasteiger partial charge in [0.1, 0.15) is 0 Å². The van der Waals surface area contributed by atoms with Gasteiger partial charge in [0.15, 0.2) is 0 Å². The Morgan fingerprint density at radius 3 is 2.69 bits per heavy atom. The molecule has 1 rings (SSSR count). The summed E-state index contributed by atoms with van der Waals surface area (Å²) in [6.45, 7) is 1.09. The van der Waals surface area contributed by atoms with Crippen LogP contribution in [0.25, 0.3) is 0 Å². The molecule has 0 bridgehead atoms. The lowest BCUT2D eigenvalue weighted by Crippen LogP contribution is -2.07. The SMILES string of the molecule is CNCCCCc1ccccc1Cl. The van der Waals surface area contributed by atoms with Crippen molar-refractivity contribution < 1.29 is 0 Å². The summed E-state index contributed by atoms with van der Waals surface area (Å²) >= 11 is 6.02. The van der Waals surface area contributed by atoms with E-state index in [9.17, 15) is 0 Å². The molecule has 1 aromatic carbocycles. The smallest absolute Gasteiger partial charge is 0.0437 e. The molecule has 0 aliphatic rings. The Balaban J connectivity index is 2.32. The molecule has 2 heteroatoms. The molecule has 0 heterocycles. The lowest BCUT2D eigenvalue weighted by molar-refractivity contribution is 0.677. The Labute approximate surface area is 85.1 Å². The highest BCUT2D eigenvalue weighted by Crippen LogP contribution is 2.16. The molecular formula is C11H16ClN. The van der Waals surface area contributed by atoms with Gasteiger partial charge in [-0.25, -0.2) is 0 Å². The van der Waals surface area contributed by atoms with Crippen LogP contribution in [0.2, 0.25) is 5.02 Å². The third-order valence-corrected chi connectivity index (χ3v) is 2.45. The second kappa shape index (κ2) is 6.01. The van der Waals surface area contributed by atoms with E-state index in [1.807, 2.05) is 25.2 Å². The third kappa shape index (κ3) is 3.79. The molecule has 1 N–H and O–H groups in total. The van der Waals surface area contributed by atoms with E-state index in [4.69, 9.17) is 11.6 Å². The van der Waals surface area contributed by atoms with E-state index >= 15 is 0 Å². The Morgan fingerprint density at radius 1 is 1.23 bits per heavy atom. The van der Waals surface area contributed by atoms with Gasteiger partial charge in [0, 0.05) is 5.02 Å². The minimum absolute atomic E-state index is 0.895. The van der Waals surface area contributed by atoms with Crippen LogP contribution < -0.4 is 5.32 Å². The molecule has 0 aliphatic heterocycles. The maximum Gasteiger partial charge on any atom is 0.0437 e. The van der Waals surface area contributed by atoms with Crippen molar-refractivity contribution in [1.29, 1.82) is 0 Å². The fourth-order valence-electron chi connectivity index (χ4n) is 1.32. The molecule has 0 saturated carbocycles. The molecule has 0 fully saturated rings. The van der Waals surface area contributed by atoms with Crippen molar-refractivity contribution in [1.82, 2.24) is 5.32 Å². The molecule has 13 heavy (non-hydrogen) atoms. The molecular weight excluding hydrogens is 182 g/mol. The highest BCUT2D eigenvalue weighted by molar-refractivity contribution is 6.31. The van der Waals surface area contributed by atoms with E-state index in [2.05, 4.69) is 11.4 Å². The van der Waals surface area contributed by atoms with Crippen molar-refractivity contribution in [3.8, 4) is 0 Å². The van der Waals surface area contributed by atoms with Gasteiger partial charge in [-0.3, -0.25) is 0 Å². The van der Waals surface area contributed by atoms with Crippen LogP contribution in [-0.2, 0) is 6.42 Å². The van der Waals surface area contributed by atoms with Crippen LogP contribution in [0.4, 0.5) is 0 Å². The number of rotatable bonds is 5. The zero-order valence-corrected chi connectivity index (χ0v) is 8.77. The van der Waals surface area contributed by atoms with Crippen LogP contribution in [-0.4, -0.2) is 13.6 Å². The van der Waals surface area contributed by atoms with E-state index in [0.717, 1.165) is 18.0 Å². The number of hydrogen-bond acceptors (Lipinski definition) is 1. The predicted octanol–water partition coefficient (Wildman–Crippen LogP) is 2.88. The minimum atomic E-state index is 0.895. The summed E-state index contributed by atoms with van der Waals surface area (Å²) in [5.41, 5.74) is 1.26. The first kappa shape index (κ1) is 10.6. The summed E-state index contributed by atoms with van der Waals surface area (Å²) in [5.74, 6) is 0. The molecule has 0 unspecified atom stereocenters. The second-order valence-electron chi connectivity index (χ2n) is 3.15. The molecule has 0 spiro atoms. The number of aryl methyl sites for hydroxylation is 1. The molecule has 0 aliphatic carbocycles. The summed E-state index contributed by atoms with van der Waals surface area (Å²) < 4.78 is 0. The van der Waals surface area contributed by atoms with Crippen molar-refractivity contribution >= 4 is 11.6 Å². The molecule has 0 amide bonds. The van der Waals surface area contributed by atoms with Crippen LogP contribution in [0.3, 0.4) is 0 Å². The minimum Gasteiger partial charge on any atom is -0.320 e. The topological polar surface area (TPSA) is 12.0 Å². The first-order valence-corrected chi connectivity index (χ1v) is 5.10. The largest absolute Gasteiger partial charge is 0.320 e. The van der Waals surface area contributed by atoms with Crippen LogP contribution in [0.1, 0.15) is 18.4 Å². The molecule has 1 nitrogen and oxygen atoms in total. The monoisotopic (exact) mass is 197 g/mol. The second-order valence-corrected chi connectivity index (χ2v) is 3.56. The van der Waals surface area contributed by atoms with Gasteiger partial charge < -0.3 is 5.32 Å². The van der Waals surface area contributed by atoms with Gasteiger partial charge in [-0.05, 0) is 44.5 Å². The fourth-order valence-corrected chi connectivity index (χ4v) is 1.55. The summed E-state index contributed by atoms with van der Waals surface area (Å²) in [7, 11) is 1.98. The van der Waals surface area contributed by atoms with Crippen LogP contribution >= 0.6 is 11.6 Å². The zero-order chi connectivity index (χ0) is 9.52. The fraction of sp³-hybridized carbons (Fsp3) is 0.455.